The Bertz CT molecular complexity index is 625. The summed E-state index contributed by atoms with van der Waals surface area (Å²) in [6.45, 7) is 4.05. The van der Waals surface area contributed by atoms with Gasteiger partial charge in [0.05, 0.1) is 0 Å². The number of carbonyl (C=O) groups is 2. The van der Waals surface area contributed by atoms with Gasteiger partial charge in [0.25, 0.3) is 0 Å². The van der Waals surface area contributed by atoms with Crippen molar-refractivity contribution in [2.24, 2.45) is 0 Å². The highest BCUT2D eigenvalue weighted by Crippen LogP contribution is 2.19. The van der Waals surface area contributed by atoms with Gasteiger partial charge in [0.15, 0.2) is 0 Å². The third kappa shape index (κ3) is 6.00. The molecule has 0 spiro atoms. The first kappa shape index (κ1) is 19.2. The molecule has 1 aliphatic carbocycles. The highest BCUT2D eigenvalue weighted by atomic mass is 19.1. The Labute approximate surface area is 149 Å². The molecule has 1 N–H and O–H groups in total. The van der Waals surface area contributed by atoms with Crippen LogP contribution in [0.2, 0.25) is 0 Å². The van der Waals surface area contributed by atoms with Gasteiger partial charge >= 0.3 is 0 Å². The summed E-state index contributed by atoms with van der Waals surface area (Å²) in [4.78, 5) is 25.8. The van der Waals surface area contributed by atoms with Gasteiger partial charge in [-0.2, -0.15) is 0 Å². The molecule has 1 aliphatic rings. The first-order valence-electron chi connectivity index (χ1n) is 8.94. The number of halogens is 1. The molecule has 136 valence electrons. The molecule has 0 saturated carbocycles. The second-order valence-electron chi connectivity index (χ2n) is 6.60. The van der Waals surface area contributed by atoms with E-state index in [2.05, 4.69) is 11.4 Å². The fraction of sp³-hybridized carbons (Fsp3) is 0.500. The van der Waals surface area contributed by atoms with Crippen LogP contribution in [0.25, 0.3) is 0 Å². The molecule has 1 atom stereocenters. The molecule has 4 nitrogen and oxygen atoms in total. The van der Waals surface area contributed by atoms with Gasteiger partial charge in [-0.1, -0.05) is 23.8 Å². The number of allylic oxidation sites excluding steroid dienone is 1. The van der Waals surface area contributed by atoms with Crippen LogP contribution >= 0.6 is 0 Å². The monoisotopic (exact) mass is 346 g/mol. The van der Waals surface area contributed by atoms with Crippen molar-refractivity contribution in [2.75, 3.05) is 6.54 Å². The van der Waals surface area contributed by atoms with Crippen LogP contribution in [0.3, 0.4) is 0 Å². The minimum absolute atomic E-state index is 0.159. The zero-order chi connectivity index (χ0) is 18.2. The van der Waals surface area contributed by atoms with Crippen molar-refractivity contribution in [3.8, 4) is 0 Å². The predicted molar refractivity (Wildman–Crippen MR) is 96.3 cm³/mol. The van der Waals surface area contributed by atoms with E-state index in [1.54, 1.807) is 19.1 Å². The fourth-order valence-corrected chi connectivity index (χ4v) is 3.07. The van der Waals surface area contributed by atoms with Crippen LogP contribution in [0.5, 0.6) is 0 Å². The Morgan fingerprint density at radius 2 is 1.96 bits per heavy atom. The van der Waals surface area contributed by atoms with Gasteiger partial charge in [-0.15, -0.1) is 0 Å². The van der Waals surface area contributed by atoms with Crippen LogP contribution in [-0.4, -0.2) is 29.3 Å². The van der Waals surface area contributed by atoms with Crippen molar-refractivity contribution >= 4 is 11.8 Å². The molecule has 0 fully saturated rings. The molecule has 0 bridgehead atoms. The van der Waals surface area contributed by atoms with Gasteiger partial charge in [-0.3, -0.25) is 9.59 Å². The quantitative estimate of drug-likeness (QED) is 0.767. The molecule has 2 amide bonds. The lowest BCUT2D eigenvalue weighted by atomic mass is 9.97. The molecule has 0 unspecified atom stereocenters. The Morgan fingerprint density at radius 3 is 2.56 bits per heavy atom. The molecule has 5 heteroatoms. The molecule has 25 heavy (non-hydrogen) atoms. The standard InChI is InChI=1S/C20H27FN2O2/c1-15(20(25)22-13-12-17-6-4-3-5-7-17)23(16(2)24)14-18-8-10-19(21)11-9-18/h6,8-11,15H,3-5,7,12-14H2,1-2H3,(H,22,25)/t15-/m1/s1. The predicted octanol–water partition coefficient (Wildman–Crippen LogP) is 3.57. The summed E-state index contributed by atoms with van der Waals surface area (Å²) in [5.41, 5.74) is 2.21. The van der Waals surface area contributed by atoms with E-state index in [-0.39, 0.29) is 24.2 Å². The lowest BCUT2D eigenvalue weighted by Gasteiger charge is -2.27. The number of rotatable bonds is 7. The minimum atomic E-state index is -0.567. The van der Waals surface area contributed by atoms with Gasteiger partial charge in [-0.25, -0.2) is 4.39 Å². The number of nitrogens with one attached hydrogen (secondary N) is 1. The van der Waals surface area contributed by atoms with E-state index < -0.39 is 6.04 Å². The molecule has 2 rings (SSSR count). The summed E-state index contributed by atoms with van der Waals surface area (Å²) in [6, 6.07) is 5.41. The van der Waals surface area contributed by atoms with E-state index in [1.807, 2.05) is 0 Å². The van der Waals surface area contributed by atoms with E-state index in [0.29, 0.717) is 6.54 Å². The van der Waals surface area contributed by atoms with E-state index in [0.717, 1.165) is 24.8 Å². The molecular weight excluding hydrogens is 319 g/mol. The molecular formula is C20H27FN2O2. The van der Waals surface area contributed by atoms with Crippen molar-refractivity contribution in [3.05, 3.63) is 47.3 Å². The summed E-state index contributed by atoms with van der Waals surface area (Å²) in [5, 5.41) is 2.93. The lowest BCUT2D eigenvalue weighted by molar-refractivity contribution is -0.138. The largest absolute Gasteiger partial charge is 0.354 e. The first-order chi connectivity index (χ1) is 12.0. The number of amides is 2. The Kier molecular flexibility index (Phi) is 7.16. The van der Waals surface area contributed by atoms with Crippen molar-refractivity contribution in [1.82, 2.24) is 10.2 Å². The number of hydrogen-bond donors (Lipinski definition) is 1. The summed E-state index contributed by atoms with van der Waals surface area (Å²) in [7, 11) is 0. The van der Waals surface area contributed by atoms with Gasteiger partial charge in [-0.05, 0) is 56.7 Å². The van der Waals surface area contributed by atoms with Gasteiger partial charge in [0.2, 0.25) is 11.8 Å². The third-order valence-electron chi connectivity index (χ3n) is 4.65. The van der Waals surface area contributed by atoms with Crippen LogP contribution in [-0.2, 0) is 16.1 Å². The van der Waals surface area contributed by atoms with Crippen LogP contribution < -0.4 is 5.32 Å². The summed E-state index contributed by atoms with van der Waals surface area (Å²) < 4.78 is 13.0. The SMILES string of the molecule is CC(=O)N(Cc1ccc(F)cc1)[C@H](C)C(=O)NCCC1=CCCCC1. The van der Waals surface area contributed by atoms with Gasteiger partial charge in [0.1, 0.15) is 11.9 Å². The molecule has 1 aromatic rings. The topological polar surface area (TPSA) is 49.4 Å². The maximum absolute atomic E-state index is 13.0. The van der Waals surface area contributed by atoms with Crippen LogP contribution in [0, 0.1) is 5.82 Å². The van der Waals surface area contributed by atoms with Crippen LogP contribution in [0.15, 0.2) is 35.9 Å². The van der Waals surface area contributed by atoms with Gasteiger partial charge < -0.3 is 10.2 Å². The van der Waals surface area contributed by atoms with Crippen LogP contribution in [0.1, 0.15) is 51.5 Å². The summed E-state index contributed by atoms with van der Waals surface area (Å²) in [5.74, 6) is -0.656. The molecule has 0 saturated heterocycles. The second-order valence-corrected chi connectivity index (χ2v) is 6.60. The lowest BCUT2D eigenvalue weighted by Crippen LogP contribution is -2.47. The number of carbonyl (C=O) groups excluding carboxylic acids is 2. The van der Waals surface area contributed by atoms with Crippen molar-refractivity contribution in [2.45, 2.75) is 58.5 Å². The van der Waals surface area contributed by atoms with Crippen molar-refractivity contribution < 1.29 is 14.0 Å². The average Bonchev–Trinajstić information content (AvgIpc) is 2.61. The van der Waals surface area contributed by atoms with Crippen molar-refractivity contribution in [1.29, 1.82) is 0 Å². The maximum Gasteiger partial charge on any atom is 0.242 e. The smallest absolute Gasteiger partial charge is 0.242 e. The summed E-state index contributed by atoms with van der Waals surface area (Å²) >= 11 is 0. The van der Waals surface area contributed by atoms with E-state index in [4.69, 9.17) is 0 Å². The highest BCUT2D eigenvalue weighted by molar-refractivity contribution is 5.86. The van der Waals surface area contributed by atoms with E-state index in [9.17, 15) is 14.0 Å². The average molecular weight is 346 g/mol. The fourth-order valence-electron chi connectivity index (χ4n) is 3.07. The maximum atomic E-state index is 13.0. The Balaban J connectivity index is 1.88. The van der Waals surface area contributed by atoms with E-state index in [1.165, 1.54) is 42.4 Å². The molecule has 0 aromatic heterocycles. The summed E-state index contributed by atoms with van der Waals surface area (Å²) in [6.07, 6.45) is 7.88. The first-order valence-corrected chi connectivity index (χ1v) is 8.94. The van der Waals surface area contributed by atoms with E-state index >= 15 is 0 Å². The Hall–Kier alpha value is -2.17. The number of nitrogens with zero attached hydrogens (tertiary/aromatic N) is 1. The Morgan fingerprint density at radius 1 is 1.24 bits per heavy atom. The molecule has 0 radical (unpaired) electrons. The normalized spacial score (nSPS) is 15.2. The zero-order valence-corrected chi connectivity index (χ0v) is 15.1. The molecule has 0 heterocycles. The van der Waals surface area contributed by atoms with Crippen molar-refractivity contribution in [3.63, 3.8) is 0 Å². The molecule has 1 aromatic carbocycles. The molecule has 0 aliphatic heterocycles. The number of benzene rings is 1. The van der Waals surface area contributed by atoms with Crippen LogP contribution in [0.4, 0.5) is 4.39 Å². The minimum Gasteiger partial charge on any atom is -0.354 e. The second kappa shape index (κ2) is 9.35. The van der Waals surface area contributed by atoms with Gasteiger partial charge in [0, 0.05) is 20.0 Å². The zero-order valence-electron chi connectivity index (χ0n) is 15.1. The third-order valence-corrected chi connectivity index (χ3v) is 4.65. The highest BCUT2D eigenvalue weighted by Gasteiger charge is 2.23. The number of hydrogen-bond acceptors (Lipinski definition) is 2.